The zero-order valence-corrected chi connectivity index (χ0v) is 11.4. The normalized spacial score (nSPS) is 26.4. The SMILES string of the molecule is CC1CN(S(=O)(=O)N(C)CCC(=O)O)CCC1O. The predicted octanol–water partition coefficient (Wildman–Crippen LogP) is -0.660. The molecule has 1 aliphatic rings. The minimum Gasteiger partial charge on any atom is -0.481 e. The topological polar surface area (TPSA) is 98.2 Å². The number of carboxylic acid groups (broad SMARTS) is 1. The molecule has 0 spiro atoms. The highest BCUT2D eigenvalue weighted by Gasteiger charge is 2.33. The van der Waals surface area contributed by atoms with Crippen molar-refractivity contribution < 1.29 is 23.4 Å². The molecule has 2 N–H and O–H groups in total. The lowest BCUT2D eigenvalue weighted by molar-refractivity contribution is -0.137. The van der Waals surface area contributed by atoms with Gasteiger partial charge in [0.05, 0.1) is 12.5 Å². The van der Waals surface area contributed by atoms with Gasteiger partial charge in [-0.15, -0.1) is 0 Å². The van der Waals surface area contributed by atoms with Crippen LogP contribution in [0.2, 0.25) is 0 Å². The molecule has 8 heteroatoms. The Labute approximate surface area is 107 Å². The average Bonchev–Trinajstić information content (AvgIpc) is 2.29. The number of hydrogen-bond donors (Lipinski definition) is 2. The molecule has 0 aromatic rings. The van der Waals surface area contributed by atoms with Crippen molar-refractivity contribution in [2.75, 3.05) is 26.7 Å². The summed E-state index contributed by atoms with van der Waals surface area (Å²) in [5.41, 5.74) is 0. The highest BCUT2D eigenvalue weighted by molar-refractivity contribution is 7.86. The summed E-state index contributed by atoms with van der Waals surface area (Å²) in [6.07, 6.45) is -0.282. The Morgan fingerprint density at radius 1 is 1.50 bits per heavy atom. The molecular formula is C10H20N2O5S. The summed E-state index contributed by atoms with van der Waals surface area (Å²) >= 11 is 0. The standard InChI is InChI=1S/C10H20N2O5S/c1-8-7-12(6-3-9(8)13)18(16,17)11(2)5-4-10(14)15/h8-9,13H,3-7H2,1-2H3,(H,14,15). The molecule has 2 unspecified atom stereocenters. The Hall–Kier alpha value is -0.700. The lowest BCUT2D eigenvalue weighted by atomic mass is 9.99. The van der Waals surface area contributed by atoms with Crippen LogP contribution in [0.4, 0.5) is 0 Å². The Morgan fingerprint density at radius 3 is 2.61 bits per heavy atom. The van der Waals surface area contributed by atoms with Gasteiger partial charge in [0.25, 0.3) is 10.2 Å². The van der Waals surface area contributed by atoms with E-state index in [-0.39, 0.29) is 32.0 Å². The quantitative estimate of drug-likeness (QED) is 0.696. The largest absolute Gasteiger partial charge is 0.481 e. The molecule has 1 heterocycles. The van der Waals surface area contributed by atoms with Crippen LogP contribution in [0, 0.1) is 5.92 Å². The van der Waals surface area contributed by atoms with E-state index in [9.17, 15) is 18.3 Å². The van der Waals surface area contributed by atoms with Gasteiger partial charge in [-0.2, -0.15) is 17.0 Å². The summed E-state index contributed by atoms with van der Waals surface area (Å²) in [4.78, 5) is 10.4. The maximum absolute atomic E-state index is 12.1. The van der Waals surface area contributed by atoms with E-state index in [0.29, 0.717) is 6.42 Å². The van der Waals surface area contributed by atoms with Crippen molar-refractivity contribution in [2.45, 2.75) is 25.9 Å². The van der Waals surface area contributed by atoms with Gasteiger partial charge in [-0.05, 0) is 12.3 Å². The fourth-order valence-electron chi connectivity index (χ4n) is 1.87. The van der Waals surface area contributed by atoms with Crippen LogP contribution in [-0.2, 0) is 15.0 Å². The van der Waals surface area contributed by atoms with Crippen molar-refractivity contribution in [2.24, 2.45) is 5.92 Å². The molecule has 1 saturated heterocycles. The van der Waals surface area contributed by atoms with Crippen molar-refractivity contribution in [3.8, 4) is 0 Å². The first-order valence-corrected chi connectivity index (χ1v) is 7.26. The molecular weight excluding hydrogens is 260 g/mol. The van der Waals surface area contributed by atoms with Crippen molar-refractivity contribution in [1.82, 2.24) is 8.61 Å². The molecule has 0 amide bonds. The van der Waals surface area contributed by atoms with Gasteiger partial charge >= 0.3 is 5.97 Å². The third kappa shape index (κ3) is 3.64. The molecule has 0 bridgehead atoms. The molecule has 0 aliphatic carbocycles. The Bertz CT molecular complexity index is 397. The van der Waals surface area contributed by atoms with Gasteiger partial charge in [-0.3, -0.25) is 4.79 Å². The van der Waals surface area contributed by atoms with Crippen molar-refractivity contribution >= 4 is 16.2 Å². The maximum atomic E-state index is 12.1. The van der Waals surface area contributed by atoms with Gasteiger partial charge in [0.2, 0.25) is 0 Å². The van der Waals surface area contributed by atoms with E-state index in [1.807, 2.05) is 0 Å². The van der Waals surface area contributed by atoms with Crippen molar-refractivity contribution in [1.29, 1.82) is 0 Å². The van der Waals surface area contributed by atoms with Crippen LogP contribution in [0.1, 0.15) is 19.8 Å². The van der Waals surface area contributed by atoms with Crippen LogP contribution >= 0.6 is 0 Å². The van der Waals surface area contributed by atoms with Crippen LogP contribution in [0.5, 0.6) is 0 Å². The number of aliphatic hydroxyl groups excluding tert-OH is 1. The summed E-state index contributed by atoms with van der Waals surface area (Å²) in [6, 6.07) is 0. The third-order valence-corrected chi connectivity index (χ3v) is 5.14. The smallest absolute Gasteiger partial charge is 0.304 e. The highest BCUT2D eigenvalue weighted by Crippen LogP contribution is 2.20. The molecule has 1 rings (SSSR count). The van der Waals surface area contributed by atoms with E-state index in [0.717, 1.165) is 4.31 Å². The molecule has 2 atom stereocenters. The number of rotatable bonds is 5. The number of piperidine rings is 1. The minimum atomic E-state index is -3.62. The molecule has 0 saturated carbocycles. The molecule has 7 nitrogen and oxygen atoms in total. The van der Waals surface area contributed by atoms with Crippen molar-refractivity contribution in [3.63, 3.8) is 0 Å². The zero-order valence-electron chi connectivity index (χ0n) is 10.6. The maximum Gasteiger partial charge on any atom is 0.304 e. The molecule has 18 heavy (non-hydrogen) atoms. The number of hydrogen-bond acceptors (Lipinski definition) is 4. The Kier molecular flexibility index (Phi) is 5.09. The van der Waals surface area contributed by atoms with Crippen LogP contribution in [0.25, 0.3) is 0 Å². The first-order chi connectivity index (χ1) is 8.25. The van der Waals surface area contributed by atoms with Crippen molar-refractivity contribution in [3.05, 3.63) is 0 Å². The van der Waals surface area contributed by atoms with E-state index in [1.54, 1.807) is 6.92 Å². The highest BCUT2D eigenvalue weighted by atomic mass is 32.2. The fraction of sp³-hybridized carbons (Fsp3) is 0.900. The van der Waals surface area contributed by atoms with Gasteiger partial charge in [-0.25, -0.2) is 0 Å². The minimum absolute atomic E-state index is 0.0505. The van der Waals surface area contributed by atoms with Gasteiger partial charge in [0.15, 0.2) is 0 Å². The van der Waals surface area contributed by atoms with E-state index >= 15 is 0 Å². The number of carboxylic acids is 1. The summed E-state index contributed by atoms with van der Waals surface area (Å²) in [6.45, 7) is 2.28. The second kappa shape index (κ2) is 5.96. The van der Waals surface area contributed by atoms with E-state index in [4.69, 9.17) is 5.11 Å². The number of nitrogens with zero attached hydrogens (tertiary/aromatic N) is 2. The molecule has 1 fully saturated rings. The molecule has 0 aromatic heterocycles. The van der Waals surface area contributed by atoms with Crippen LogP contribution in [0.3, 0.4) is 0 Å². The molecule has 106 valence electrons. The Morgan fingerprint density at radius 2 is 2.11 bits per heavy atom. The van der Waals surface area contributed by atoms with Crippen LogP contribution in [-0.4, -0.2) is 66.0 Å². The van der Waals surface area contributed by atoms with E-state index in [1.165, 1.54) is 11.4 Å². The number of aliphatic carboxylic acids is 1. The molecule has 1 aliphatic heterocycles. The second-order valence-corrected chi connectivity index (χ2v) is 6.70. The molecule has 0 aromatic carbocycles. The first kappa shape index (κ1) is 15.4. The van der Waals surface area contributed by atoms with Gasteiger partial charge < -0.3 is 10.2 Å². The number of carbonyl (C=O) groups is 1. The summed E-state index contributed by atoms with van der Waals surface area (Å²) in [5, 5.41) is 18.1. The third-order valence-electron chi connectivity index (χ3n) is 3.18. The lowest BCUT2D eigenvalue weighted by Gasteiger charge is -2.35. The summed E-state index contributed by atoms with van der Waals surface area (Å²) < 4.78 is 26.6. The summed E-state index contributed by atoms with van der Waals surface area (Å²) in [5.74, 6) is -1.14. The lowest BCUT2D eigenvalue weighted by Crippen LogP contribution is -2.50. The van der Waals surface area contributed by atoms with Gasteiger partial charge in [0, 0.05) is 26.7 Å². The predicted molar refractivity (Wildman–Crippen MR) is 65.2 cm³/mol. The van der Waals surface area contributed by atoms with Crippen LogP contribution in [0.15, 0.2) is 0 Å². The Balaban J connectivity index is 2.65. The zero-order chi connectivity index (χ0) is 13.9. The monoisotopic (exact) mass is 280 g/mol. The van der Waals surface area contributed by atoms with Gasteiger partial charge in [-0.1, -0.05) is 6.92 Å². The second-order valence-electron chi connectivity index (χ2n) is 4.66. The number of aliphatic hydroxyl groups is 1. The van der Waals surface area contributed by atoms with E-state index < -0.39 is 22.3 Å². The fourth-order valence-corrected chi connectivity index (χ4v) is 3.35. The molecule has 0 radical (unpaired) electrons. The van der Waals surface area contributed by atoms with E-state index in [2.05, 4.69) is 0 Å². The summed E-state index contributed by atoms with van der Waals surface area (Å²) in [7, 11) is -2.25. The first-order valence-electron chi connectivity index (χ1n) is 5.86. The average molecular weight is 280 g/mol. The van der Waals surface area contributed by atoms with Gasteiger partial charge in [0.1, 0.15) is 0 Å². The van der Waals surface area contributed by atoms with Crippen LogP contribution < -0.4 is 0 Å².